The van der Waals surface area contributed by atoms with E-state index in [1.807, 2.05) is 18.2 Å². The summed E-state index contributed by atoms with van der Waals surface area (Å²) in [6.07, 6.45) is 5.48. The molecule has 4 rings (SSSR count). The summed E-state index contributed by atoms with van der Waals surface area (Å²) >= 11 is 1.58. The Bertz CT molecular complexity index is 808. The summed E-state index contributed by atoms with van der Waals surface area (Å²) in [6, 6.07) is 8.15. The lowest BCUT2D eigenvalue weighted by Crippen LogP contribution is -2.35. The fourth-order valence-electron chi connectivity index (χ4n) is 3.33. The second-order valence-electron chi connectivity index (χ2n) is 6.49. The molecule has 1 aliphatic carbocycles. The Morgan fingerprint density at radius 3 is 2.96 bits per heavy atom. The van der Waals surface area contributed by atoms with Crippen molar-refractivity contribution in [2.75, 3.05) is 11.1 Å². The molecule has 1 aliphatic heterocycles. The molecule has 0 radical (unpaired) electrons. The molecule has 1 N–H and O–H groups in total. The molecular formula is C19H22N4OS. The lowest BCUT2D eigenvalue weighted by molar-refractivity contribution is 0.145. The van der Waals surface area contributed by atoms with Crippen molar-refractivity contribution in [1.29, 1.82) is 0 Å². The monoisotopic (exact) mass is 354 g/mol. The van der Waals surface area contributed by atoms with Crippen molar-refractivity contribution in [2.24, 2.45) is 5.92 Å². The topological polar surface area (TPSA) is 59.9 Å². The normalized spacial score (nSPS) is 21.9. The van der Waals surface area contributed by atoms with E-state index in [2.05, 4.69) is 46.5 Å². The Balaban J connectivity index is 1.73. The lowest BCUT2D eigenvalue weighted by atomic mass is 9.89. The number of benzene rings is 1. The number of nitrogens with one attached hydrogen (secondary N) is 1. The van der Waals surface area contributed by atoms with Gasteiger partial charge in [-0.2, -0.15) is 4.98 Å². The lowest BCUT2D eigenvalue weighted by Gasteiger charge is -2.29. The third-order valence-electron chi connectivity index (χ3n) is 4.73. The molecule has 2 atom stereocenters. The number of aromatic nitrogens is 3. The minimum atomic E-state index is -0.108. The first kappa shape index (κ1) is 16.4. The van der Waals surface area contributed by atoms with Gasteiger partial charge in [-0.15, -0.1) is 10.2 Å². The van der Waals surface area contributed by atoms with Crippen LogP contribution < -0.4 is 10.1 Å². The van der Waals surface area contributed by atoms with Crippen molar-refractivity contribution in [3.8, 4) is 17.1 Å². The van der Waals surface area contributed by atoms with E-state index in [9.17, 15) is 0 Å². The van der Waals surface area contributed by atoms with Gasteiger partial charge >= 0.3 is 0 Å². The van der Waals surface area contributed by atoms with E-state index < -0.39 is 0 Å². The fourth-order valence-corrected chi connectivity index (χ4v) is 3.84. The van der Waals surface area contributed by atoms with Crippen LogP contribution in [0.1, 0.15) is 33.1 Å². The molecule has 5 nitrogen and oxygen atoms in total. The summed E-state index contributed by atoms with van der Waals surface area (Å²) in [7, 11) is 0. The zero-order valence-electron chi connectivity index (χ0n) is 14.5. The molecule has 0 bridgehead atoms. The predicted octanol–water partition coefficient (Wildman–Crippen LogP) is 4.53. The van der Waals surface area contributed by atoms with Crippen LogP contribution in [0, 0.1) is 5.92 Å². The van der Waals surface area contributed by atoms with Gasteiger partial charge < -0.3 is 10.1 Å². The average molecular weight is 354 g/mol. The molecule has 2 heterocycles. The first-order chi connectivity index (χ1) is 12.2. The van der Waals surface area contributed by atoms with Crippen molar-refractivity contribution < 1.29 is 4.74 Å². The second kappa shape index (κ2) is 7.04. The smallest absolute Gasteiger partial charge is 0.247 e. The van der Waals surface area contributed by atoms with E-state index in [1.54, 1.807) is 11.8 Å². The van der Waals surface area contributed by atoms with Crippen LogP contribution >= 0.6 is 11.8 Å². The van der Waals surface area contributed by atoms with Crippen LogP contribution in [0.5, 0.6) is 5.88 Å². The first-order valence-corrected chi connectivity index (χ1v) is 9.79. The van der Waals surface area contributed by atoms with Crippen LogP contribution in [0.4, 0.5) is 5.69 Å². The number of anilines is 1. The molecular weight excluding hydrogens is 332 g/mol. The van der Waals surface area contributed by atoms with Crippen molar-refractivity contribution in [1.82, 2.24) is 15.2 Å². The minimum absolute atomic E-state index is 0.108. The highest BCUT2D eigenvalue weighted by atomic mass is 32.2. The summed E-state index contributed by atoms with van der Waals surface area (Å²) in [5.41, 5.74) is 4.21. The van der Waals surface area contributed by atoms with Crippen LogP contribution in [-0.4, -0.2) is 27.2 Å². The summed E-state index contributed by atoms with van der Waals surface area (Å²) in [5.74, 6) is 1.91. The molecule has 0 saturated heterocycles. The predicted molar refractivity (Wildman–Crippen MR) is 101 cm³/mol. The van der Waals surface area contributed by atoms with E-state index in [0.717, 1.165) is 36.3 Å². The molecule has 1 aromatic heterocycles. The Labute approximate surface area is 152 Å². The maximum atomic E-state index is 6.33. The van der Waals surface area contributed by atoms with Gasteiger partial charge in [0.25, 0.3) is 0 Å². The van der Waals surface area contributed by atoms with Crippen molar-refractivity contribution in [3.63, 3.8) is 0 Å². The van der Waals surface area contributed by atoms with Crippen LogP contribution in [0.25, 0.3) is 11.3 Å². The Morgan fingerprint density at radius 2 is 2.16 bits per heavy atom. The molecule has 0 saturated carbocycles. The molecule has 0 fully saturated rings. The number of para-hydroxylation sites is 1. The zero-order chi connectivity index (χ0) is 17.2. The number of thioether (sulfide) groups is 1. The summed E-state index contributed by atoms with van der Waals surface area (Å²) in [6.45, 7) is 4.28. The molecule has 0 unspecified atom stereocenters. The second-order valence-corrected chi connectivity index (χ2v) is 7.73. The molecule has 2 aliphatic rings. The third kappa shape index (κ3) is 3.35. The van der Waals surface area contributed by atoms with Gasteiger partial charge in [0.05, 0.1) is 0 Å². The quantitative estimate of drug-likeness (QED) is 0.645. The average Bonchev–Trinajstić information content (AvgIpc) is 2.79. The fraction of sp³-hybridized carbons (Fsp3) is 0.421. The van der Waals surface area contributed by atoms with Gasteiger partial charge in [0, 0.05) is 17.2 Å². The number of fused-ring (bicyclic) bond motifs is 3. The van der Waals surface area contributed by atoms with Gasteiger partial charge in [0.1, 0.15) is 0 Å². The van der Waals surface area contributed by atoms with Crippen LogP contribution in [0.3, 0.4) is 0 Å². The maximum absolute atomic E-state index is 6.33. The number of nitrogens with zero attached hydrogens (tertiary/aromatic N) is 3. The molecule has 130 valence electrons. The van der Waals surface area contributed by atoms with Gasteiger partial charge in [-0.25, -0.2) is 0 Å². The molecule has 2 aromatic rings. The van der Waals surface area contributed by atoms with E-state index in [-0.39, 0.29) is 6.23 Å². The molecule has 6 heteroatoms. The summed E-state index contributed by atoms with van der Waals surface area (Å²) in [5, 5.41) is 12.9. The zero-order valence-corrected chi connectivity index (χ0v) is 15.3. The largest absolute Gasteiger partial charge is 0.452 e. The highest BCUT2D eigenvalue weighted by molar-refractivity contribution is 7.99. The van der Waals surface area contributed by atoms with Crippen LogP contribution in [0.15, 0.2) is 41.1 Å². The Kier molecular flexibility index (Phi) is 4.61. The molecule has 0 spiro atoms. The van der Waals surface area contributed by atoms with Crippen LogP contribution in [0.2, 0.25) is 0 Å². The number of hydrogen-bond acceptors (Lipinski definition) is 6. The van der Waals surface area contributed by atoms with Gasteiger partial charge in [-0.3, -0.25) is 0 Å². The van der Waals surface area contributed by atoms with E-state index in [1.165, 1.54) is 5.57 Å². The number of hydrogen-bond donors (Lipinski definition) is 1. The highest BCUT2D eigenvalue weighted by Crippen LogP contribution is 2.39. The van der Waals surface area contributed by atoms with Crippen LogP contribution in [-0.2, 0) is 0 Å². The van der Waals surface area contributed by atoms with E-state index in [4.69, 9.17) is 4.74 Å². The van der Waals surface area contributed by atoms with E-state index >= 15 is 0 Å². The summed E-state index contributed by atoms with van der Waals surface area (Å²) < 4.78 is 6.33. The van der Waals surface area contributed by atoms with Gasteiger partial charge in [0.15, 0.2) is 11.9 Å². The maximum Gasteiger partial charge on any atom is 0.247 e. The third-order valence-corrected chi connectivity index (χ3v) is 5.45. The van der Waals surface area contributed by atoms with Crippen molar-refractivity contribution >= 4 is 17.4 Å². The number of ether oxygens (including phenoxy) is 1. The van der Waals surface area contributed by atoms with E-state index in [0.29, 0.717) is 22.6 Å². The first-order valence-electron chi connectivity index (χ1n) is 8.80. The van der Waals surface area contributed by atoms with Gasteiger partial charge in [-0.05, 0) is 38.0 Å². The standard InChI is InChI=1S/C19H22N4OS/c1-3-25-19-21-18-16(22-23-19)14-6-4-5-7-15(14)20-17(24-18)13-10-8-12(2)9-11-13/h4-8,13,17,20H,3,9-11H2,1-2H3/t13-,17-/m0/s1. The van der Waals surface area contributed by atoms with Gasteiger partial charge in [0.2, 0.25) is 11.0 Å². The minimum Gasteiger partial charge on any atom is -0.452 e. The highest BCUT2D eigenvalue weighted by Gasteiger charge is 2.30. The number of allylic oxidation sites excluding steroid dienone is 2. The van der Waals surface area contributed by atoms with Crippen molar-refractivity contribution in [3.05, 3.63) is 35.9 Å². The molecule has 25 heavy (non-hydrogen) atoms. The molecule has 1 aromatic carbocycles. The Morgan fingerprint density at radius 1 is 1.28 bits per heavy atom. The number of rotatable bonds is 3. The SMILES string of the molecule is CCSc1nnc2c(n1)O[C@@H]([C@H]1CC=C(C)CC1)Nc1ccccc1-2. The summed E-state index contributed by atoms with van der Waals surface area (Å²) in [4.78, 5) is 4.63. The van der Waals surface area contributed by atoms with Gasteiger partial charge in [-0.1, -0.05) is 48.5 Å². The Hall–Kier alpha value is -2.08. The van der Waals surface area contributed by atoms with Crippen molar-refractivity contribution in [2.45, 2.75) is 44.5 Å². The molecule has 0 amide bonds.